The minimum atomic E-state index is -0.672. The number of anilines is 2. The quantitative estimate of drug-likeness (QED) is 0.342. The molecule has 148 valence electrons. The van der Waals surface area contributed by atoms with Crippen LogP contribution in [0, 0.1) is 0 Å². The summed E-state index contributed by atoms with van der Waals surface area (Å²) in [4.78, 5) is 37.2. The predicted molar refractivity (Wildman–Crippen MR) is 109 cm³/mol. The summed E-state index contributed by atoms with van der Waals surface area (Å²) in [6.45, 7) is 5.15. The average molecular weight is 413 g/mol. The van der Waals surface area contributed by atoms with Crippen molar-refractivity contribution in [3.05, 3.63) is 26.4 Å². The Hall–Kier alpha value is -2.14. The summed E-state index contributed by atoms with van der Waals surface area (Å²) in [7, 11) is 1.35. The van der Waals surface area contributed by atoms with E-state index < -0.39 is 17.0 Å². The second-order valence-corrected chi connectivity index (χ2v) is 8.12. The maximum atomic E-state index is 12.6. The van der Waals surface area contributed by atoms with Crippen molar-refractivity contribution >= 4 is 39.8 Å². The fourth-order valence-electron chi connectivity index (χ4n) is 2.40. The second-order valence-electron chi connectivity index (χ2n) is 5.92. The fraction of sp³-hybridized carbons (Fsp3) is 0.562. The lowest BCUT2D eigenvalue weighted by Crippen LogP contribution is -2.42. The van der Waals surface area contributed by atoms with Gasteiger partial charge in [-0.15, -0.1) is 10.2 Å². The molecule has 0 aliphatic carbocycles. The maximum Gasteiger partial charge on any atom is 0.332 e. The van der Waals surface area contributed by atoms with Crippen molar-refractivity contribution in [2.24, 2.45) is 7.05 Å². The molecule has 2 aromatic heterocycles. The van der Waals surface area contributed by atoms with Crippen molar-refractivity contribution in [1.29, 1.82) is 0 Å². The van der Waals surface area contributed by atoms with Crippen LogP contribution in [-0.4, -0.2) is 37.4 Å². The number of hydrogen-bond acceptors (Lipinski definition) is 9. The first kappa shape index (κ1) is 21.2. The van der Waals surface area contributed by atoms with Crippen molar-refractivity contribution in [3.63, 3.8) is 0 Å². The molecule has 0 atom stereocenters. The van der Waals surface area contributed by atoms with Crippen LogP contribution in [0.5, 0.6) is 0 Å². The number of carbonyl (C=O) groups excluding carboxylic acids is 1. The number of Topliss-reactive ketones (excluding diaryl/α,β-unsaturated/α-hetero) is 1. The Morgan fingerprint density at radius 1 is 1.26 bits per heavy atom. The summed E-state index contributed by atoms with van der Waals surface area (Å²) in [6, 6.07) is 0. The first-order chi connectivity index (χ1) is 12.9. The number of nitrogens with zero attached hydrogens (tertiary/aromatic N) is 4. The molecule has 9 nitrogen and oxygen atoms in total. The molecule has 0 fully saturated rings. The predicted octanol–water partition coefficient (Wildman–Crippen LogP) is 1.58. The number of nitrogens with one attached hydrogen (secondary N) is 1. The van der Waals surface area contributed by atoms with E-state index in [0.29, 0.717) is 22.4 Å². The van der Waals surface area contributed by atoms with Crippen LogP contribution in [-0.2, 0) is 13.6 Å². The molecule has 0 aliphatic heterocycles. The number of aromatic nitrogens is 4. The molecule has 0 saturated heterocycles. The van der Waals surface area contributed by atoms with Crippen molar-refractivity contribution < 1.29 is 4.79 Å². The molecule has 0 spiro atoms. The van der Waals surface area contributed by atoms with E-state index in [1.54, 1.807) is 0 Å². The van der Waals surface area contributed by atoms with Crippen molar-refractivity contribution in [2.75, 3.05) is 23.3 Å². The van der Waals surface area contributed by atoms with Gasteiger partial charge in [-0.05, 0) is 12.8 Å². The highest BCUT2D eigenvalue weighted by molar-refractivity contribution is 8.01. The van der Waals surface area contributed by atoms with E-state index in [-0.39, 0.29) is 17.1 Å². The highest BCUT2D eigenvalue weighted by Crippen LogP contribution is 2.26. The van der Waals surface area contributed by atoms with E-state index >= 15 is 0 Å². The molecule has 3 N–H and O–H groups in total. The van der Waals surface area contributed by atoms with E-state index in [1.165, 1.54) is 34.7 Å². The Balaban J connectivity index is 2.15. The van der Waals surface area contributed by atoms with Gasteiger partial charge in [-0.3, -0.25) is 18.7 Å². The smallest absolute Gasteiger partial charge is 0.332 e. The zero-order valence-electron chi connectivity index (χ0n) is 15.7. The minimum Gasteiger partial charge on any atom is -0.384 e. The molecule has 2 aromatic rings. The average Bonchev–Trinajstić information content (AvgIpc) is 3.10. The molecule has 0 aliphatic rings. The number of thioether (sulfide) groups is 1. The van der Waals surface area contributed by atoms with Crippen LogP contribution >= 0.6 is 23.1 Å². The van der Waals surface area contributed by atoms with Gasteiger partial charge in [-0.2, -0.15) is 0 Å². The van der Waals surface area contributed by atoms with Crippen LogP contribution in [0.4, 0.5) is 10.9 Å². The standard InChI is InChI=1S/C16H24N6O3S2/c1-4-6-7-18-14-19-20-15(27-14)26-9-10(23)11-12(17)22(8-5-2)16(25)21(3)13(11)24/h4-9,17H2,1-3H3,(H,18,19). The van der Waals surface area contributed by atoms with Gasteiger partial charge >= 0.3 is 5.69 Å². The van der Waals surface area contributed by atoms with E-state index in [2.05, 4.69) is 22.4 Å². The first-order valence-corrected chi connectivity index (χ1v) is 10.5. The van der Waals surface area contributed by atoms with E-state index in [9.17, 15) is 14.4 Å². The molecule has 0 saturated carbocycles. The van der Waals surface area contributed by atoms with Crippen LogP contribution in [0.3, 0.4) is 0 Å². The van der Waals surface area contributed by atoms with Gasteiger partial charge in [0, 0.05) is 20.1 Å². The lowest BCUT2D eigenvalue weighted by molar-refractivity contribution is 0.102. The number of nitrogen functional groups attached to an aromatic ring is 1. The summed E-state index contributed by atoms with van der Waals surface area (Å²) < 4.78 is 2.81. The summed E-state index contributed by atoms with van der Waals surface area (Å²) in [5.74, 6) is -0.513. The summed E-state index contributed by atoms with van der Waals surface area (Å²) in [5.41, 5.74) is 4.63. The van der Waals surface area contributed by atoms with Crippen LogP contribution in [0.15, 0.2) is 13.9 Å². The van der Waals surface area contributed by atoms with Gasteiger partial charge in [-0.25, -0.2) is 4.79 Å². The molecule has 2 heterocycles. The highest BCUT2D eigenvalue weighted by Gasteiger charge is 2.21. The third-order valence-electron chi connectivity index (χ3n) is 3.85. The molecular formula is C16H24N6O3S2. The van der Waals surface area contributed by atoms with Crippen molar-refractivity contribution in [2.45, 2.75) is 44.0 Å². The van der Waals surface area contributed by atoms with Crippen LogP contribution in [0.25, 0.3) is 0 Å². The lowest BCUT2D eigenvalue weighted by atomic mass is 10.2. The molecule has 27 heavy (non-hydrogen) atoms. The molecule has 0 amide bonds. The SMILES string of the molecule is CCCCNc1nnc(SCC(=O)c2c(N)n(CCC)c(=O)n(C)c2=O)s1. The summed E-state index contributed by atoms with van der Waals surface area (Å²) >= 11 is 2.55. The Kier molecular flexibility index (Phi) is 7.60. The molecule has 0 radical (unpaired) electrons. The Bertz CT molecular complexity index is 918. The van der Waals surface area contributed by atoms with E-state index in [0.717, 1.165) is 24.0 Å². The van der Waals surface area contributed by atoms with E-state index in [4.69, 9.17) is 5.73 Å². The number of nitrogens with two attached hydrogens (primary N) is 1. The monoisotopic (exact) mass is 412 g/mol. The van der Waals surface area contributed by atoms with Gasteiger partial charge in [0.05, 0.1) is 5.75 Å². The normalized spacial score (nSPS) is 10.9. The second kappa shape index (κ2) is 9.70. The Labute approximate surface area is 165 Å². The fourth-order valence-corrected chi connectivity index (χ4v) is 4.05. The third kappa shape index (κ3) is 4.98. The van der Waals surface area contributed by atoms with Gasteiger partial charge in [0.15, 0.2) is 10.1 Å². The van der Waals surface area contributed by atoms with Crippen LogP contribution in [0.1, 0.15) is 43.5 Å². The number of hydrogen-bond donors (Lipinski definition) is 2. The number of carbonyl (C=O) groups is 1. The maximum absolute atomic E-state index is 12.6. The van der Waals surface area contributed by atoms with Gasteiger partial charge in [0.2, 0.25) is 5.13 Å². The first-order valence-electron chi connectivity index (χ1n) is 8.73. The zero-order chi connectivity index (χ0) is 20.0. The van der Waals surface area contributed by atoms with Crippen molar-refractivity contribution in [3.8, 4) is 0 Å². The number of rotatable bonds is 10. The summed E-state index contributed by atoms with van der Waals surface area (Å²) in [6.07, 6.45) is 2.78. The zero-order valence-corrected chi connectivity index (χ0v) is 17.3. The molecule has 0 aromatic carbocycles. The Morgan fingerprint density at radius 2 is 2.00 bits per heavy atom. The van der Waals surface area contributed by atoms with Gasteiger partial charge in [0.25, 0.3) is 5.56 Å². The van der Waals surface area contributed by atoms with Gasteiger partial charge < -0.3 is 11.1 Å². The lowest BCUT2D eigenvalue weighted by Gasteiger charge is -2.13. The number of unbranched alkanes of at least 4 members (excludes halogenated alkanes) is 1. The topological polar surface area (TPSA) is 125 Å². The van der Waals surface area contributed by atoms with Crippen molar-refractivity contribution in [1.82, 2.24) is 19.3 Å². The van der Waals surface area contributed by atoms with Gasteiger partial charge in [-0.1, -0.05) is 43.4 Å². The molecule has 0 unspecified atom stereocenters. The number of ketones is 1. The van der Waals surface area contributed by atoms with Gasteiger partial charge in [0.1, 0.15) is 11.4 Å². The minimum absolute atomic E-state index is 0.00659. The molecule has 0 bridgehead atoms. The molecular weight excluding hydrogens is 388 g/mol. The van der Waals surface area contributed by atoms with E-state index in [1.807, 2.05) is 6.92 Å². The summed E-state index contributed by atoms with van der Waals surface area (Å²) in [5, 5.41) is 11.9. The largest absolute Gasteiger partial charge is 0.384 e. The third-order valence-corrected chi connectivity index (χ3v) is 5.86. The van der Waals surface area contributed by atoms with Crippen LogP contribution in [0.2, 0.25) is 0 Å². The molecule has 11 heteroatoms. The van der Waals surface area contributed by atoms with Crippen LogP contribution < -0.4 is 22.3 Å². The molecule has 2 rings (SSSR count). The Morgan fingerprint density at radius 3 is 2.67 bits per heavy atom. The highest BCUT2D eigenvalue weighted by atomic mass is 32.2.